The standard InChI is InChI=1S/C15H14BrNO2/c1-2-19-15(16)9-5-8-13-14(15)11-6-3-4-7-12(11)17(13)10-18/h3-8,10H,2,9H2,1H3. The van der Waals surface area contributed by atoms with E-state index in [1.807, 2.05) is 43.3 Å². The topological polar surface area (TPSA) is 31.2 Å². The third-order valence-electron chi connectivity index (χ3n) is 3.46. The van der Waals surface area contributed by atoms with Crippen LogP contribution < -0.4 is 0 Å². The minimum atomic E-state index is -0.542. The van der Waals surface area contributed by atoms with Gasteiger partial charge in [-0.05, 0) is 35.0 Å². The van der Waals surface area contributed by atoms with E-state index in [0.29, 0.717) is 6.61 Å². The third-order valence-corrected chi connectivity index (χ3v) is 4.41. The molecule has 1 heterocycles. The van der Waals surface area contributed by atoms with Crippen molar-refractivity contribution < 1.29 is 9.53 Å². The molecule has 0 amide bonds. The number of alkyl halides is 1. The second kappa shape index (κ2) is 4.62. The summed E-state index contributed by atoms with van der Waals surface area (Å²) in [5.74, 6) is 0. The highest BCUT2D eigenvalue weighted by Gasteiger charge is 2.37. The Morgan fingerprint density at radius 1 is 1.47 bits per heavy atom. The average Bonchev–Trinajstić information content (AvgIpc) is 2.74. The highest BCUT2D eigenvalue weighted by Crippen LogP contribution is 2.46. The fraction of sp³-hybridized carbons (Fsp3) is 0.267. The van der Waals surface area contributed by atoms with Crippen molar-refractivity contribution in [1.29, 1.82) is 0 Å². The Bertz CT molecular complexity index is 674. The van der Waals surface area contributed by atoms with Crippen LogP contribution in [0.15, 0.2) is 30.3 Å². The van der Waals surface area contributed by atoms with Crippen molar-refractivity contribution in [2.75, 3.05) is 6.61 Å². The van der Waals surface area contributed by atoms with Crippen LogP contribution in [0, 0.1) is 0 Å². The lowest BCUT2D eigenvalue weighted by atomic mass is 9.97. The lowest BCUT2D eigenvalue weighted by molar-refractivity contribution is 0.0402. The van der Waals surface area contributed by atoms with Gasteiger partial charge in [-0.2, -0.15) is 0 Å². The van der Waals surface area contributed by atoms with E-state index >= 15 is 0 Å². The predicted molar refractivity (Wildman–Crippen MR) is 80.0 cm³/mol. The predicted octanol–water partition coefficient (Wildman–Crippen LogP) is 3.68. The van der Waals surface area contributed by atoms with Crippen LogP contribution in [0.3, 0.4) is 0 Å². The molecule has 19 heavy (non-hydrogen) atoms. The summed E-state index contributed by atoms with van der Waals surface area (Å²) in [6, 6.07) is 7.90. The summed E-state index contributed by atoms with van der Waals surface area (Å²) in [5.41, 5.74) is 2.85. The number of ether oxygens (including phenoxy) is 1. The zero-order chi connectivity index (χ0) is 13.5. The van der Waals surface area contributed by atoms with E-state index < -0.39 is 4.51 Å². The molecular weight excluding hydrogens is 306 g/mol. The van der Waals surface area contributed by atoms with Crippen LogP contribution in [0.25, 0.3) is 17.0 Å². The Hall–Kier alpha value is -1.39. The summed E-state index contributed by atoms with van der Waals surface area (Å²) < 4.78 is 7.03. The number of benzene rings is 1. The SMILES string of the molecule is CCOC1(Br)CC=Cc2c1c1ccccc1n2C=O. The molecular formula is C15H14BrNO2. The number of para-hydroxylation sites is 1. The van der Waals surface area contributed by atoms with E-state index in [9.17, 15) is 4.79 Å². The molecule has 3 nitrogen and oxygen atoms in total. The van der Waals surface area contributed by atoms with Gasteiger partial charge in [-0.15, -0.1) is 0 Å². The van der Waals surface area contributed by atoms with E-state index in [4.69, 9.17) is 4.74 Å². The van der Waals surface area contributed by atoms with Crippen molar-refractivity contribution >= 4 is 39.3 Å². The quantitative estimate of drug-likeness (QED) is 0.638. The molecule has 1 aromatic carbocycles. The van der Waals surface area contributed by atoms with Crippen LogP contribution in [0.2, 0.25) is 0 Å². The number of aromatic nitrogens is 1. The lowest BCUT2D eigenvalue weighted by Crippen LogP contribution is -2.24. The number of halogens is 1. The van der Waals surface area contributed by atoms with Crippen molar-refractivity contribution in [3.05, 3.63) is 41.6 Å². The molecule has 1 unspecified atom stereocenters. The maximum atomic E-state index is 11.4. The van der Waals surface area contributed by atoms with Gasteiger partial charge in [0.1, 0.15) is 0 Å². The summed E-state index contributed by atoms with van der Waals surface area (Å²) >= 11 is 3.72. The van der Waals surface area contributed by atoms with Crippen molar-refractivity contribution in [1.82, 2.24) is 4.57 Å². The van der Waals surface area contributed by atoms with Crippen molar-refractivity contribution in [3.8, 4) is 0 Å². The van der Waals surface area contributed by atoms with Gasteiger partial charge in [-0.1, -0.05) is 24.3 Å². The Labute approximate surface area is 120 Å². The van der Waals surface area contributed by atoms with Gasteiger partial charge in [0.25, 0.3) is 0 Å². The number of hydrogen-bond donors (Lipinski definition) is 0. The second-order valence-electron chi connectivity index (χ2n) is 4.52. The summed E-state index contributed by atoms with van der Waals surface area (Å²) in [6.45, 7) is 2.58. The van der Waals surface area contributed by atoms with Crippen molar-refractivity contribution in [2.24, 2.45) is 0 Å². The zero-order valence-corrected chi connectivity index (χ0v) is 12.2. The highest BCUT2D eigenvalue weighted by atomic mass is 79.9. The van der Waals surface area contributed by atoms with Gasteiger partial charge in [-0.25, -0.2) is 0 Å². The largest absolute Gasteiger partial charge is 0.359 e. The number of hydrogen-bond acceptors (Lipinski definition) is 2. The Morgan fingerprint density at radius 2 is 2.26 bits per heavy atom. The molecule has 3 rings (SSSR count). The maximum absolute atomic E-state index is 11.4. The number of carbonyl (C=O) groups is 1. The molecule has 4 heteroatoms. The lowest BCUT2D eigenvalue weighted by Gasteiger charge is -2.29. The van der Waals surface area contributed by atoms with Crippen LogP contribution in [0.4, 0.5) is 0 Å². The number of rotatable bonds is 3. The van der Waals surface area contributed by atoms with Crippen LogP contribution in [-0.4, -0.2) is 17.6 Å². The molecule has 0 saturated heterocycles. The van der Waals surface area contributed by atoms with Gasteiger partial charge in [-0.3, -0.25) is 9.36 Å². The van der Waals surface area contributed by atoms with Crippen LogP contribution >= 0.6 is 15.9 Å². The van der Waals surface area contributed by atoms with Crippen LogP contribution in [0.1, 0.15) is 24.6 Å². The van der Waals surface area contributed by atoms with Gasteiger partial charge in [0.05, 0.1) is 11.2 Å². The van der Waals surface area contributed by atoms with E-state index in [1.54, 1.807) is 4.57 Å². The molecule has 0 bridgehead atoms. The fourth-order valence-corrected chi connectivity index (χ4v) is 3.57. The van der Waals surface area contributed by atoms with E-state index in [2.05, 4.69) is 15.9 Å². The van der Waals surface area contributed by atoms with E-state index in [0.717, 1.165) is 35.0 Å². The monoisotopic (exact) mass is 319 g/mol. The normalized spacial score (nSPS) is 21.6. The molecule has 0 spiro atoms. The first-order valence-electron chi connectivity index (χ1n) is 6.29. The number of fused-ring (bicyclic) bond motifs is 3. The van der Waals surface area contributed by atoms with Gasteiger partial charge in [0.15, 0.2) is 4.51 Å². The summed E-state index contributed by atoms with van der Waals surface area (Å²) in [4.78, 5) is 11.4. The van der Waals surface area contributed by atoms with Crippen LogP contribution in [0.5, 0.6) is 0 Å². The second-order valence-corrected chi connectivity index (χ2v) is 5.80. The molecule has 1 aliphatic carbocycles. The Kier molecular flexibility index (Phi) is 3.07. The van der Waals surface area contributed by atoms with Gasteiger partial charge in [0, 0.05) is 24.0 Å². The molecule has 0 N–H and O–H groups in total. The van der Waals surface area contributed by atoms with E-state index in [-0.39, 0.29) is 0 Å². The molecule has 1 atom stereocenters. The first-order valence-corrected chi connectivity index (χ1v) is 7.08. The molecule has 98 valence electrons. The first-order chi connectivity index (χ1) is 9.21. The fourth-order valence-electron chi connectivity index (χ4n) is 2.74. The minimum Gasteiger partial charge on any atom is -0.359 e. The molecule has 0 fully saturated rings. The Morgan fingerprint density at radius 3 is 3.00 bits per heavy atom. The Balaban J connectivity index is 2.38. The molecule has 1 aliphatic rings. The van der Waals surface area contributed by atoms with Gasteiger partial charge < -0.3 is 4.74 Å². The summed E-state index contributed by atoms with van der Waals surface area (Å²) in [5, 5.41) is 1.05. The third kappa shape index (κ3) is 1.78. The number of nitrogens with zero attached hydrogens (tertiary/aromatic N) is 1. The summed E-state index contributed by atoms with van der Waals surface area (Å²) in [7, 11) is 0. The maximum Gasteiger partial charge on any atom is 0.218 e. The molecule has 0 saturated carbocycles. The summed E-state index contributed by atoms with van der Waals surface area (Å²) in [6.07, 6.45) is 5.63. The van der Waals surface area contributed by atoms with Gasteiger partial charge in [0.2, 0.25) is 6.41 Å². The molecule has 1 aromatic heterocycles. The van der Waals surface area contributed by atoms with Crippen molar-refractivity contribution in [3.63, 3.8) is 0 Å². The average molecular weight is 320 g/mol. The molecule has 0 radical (unpaired) electrons. The van der Waals surface area contributed by atoms with Crippen molar-refractivity contribution in [2.45, 2.75) is 17.9 Å². The van der Waals surface area contributed by atoms with Crippen LogP contribution in [-0.2, 0) is 14.0 Å². The zero-order valence-electron chi connectivity index (χ0n) is 10.6. The highest BCUT2D eigenvalue weighted by molar-refractivity contribution is 9.09. The first kappa shape index (κ1) is 12.6. The molecule has 0 aliphatic heterocycles. The van der Waals surface area contributed by atoms with E-state index in [1.165, 1.54) is 0 Å². The van der Waals surface area contributed by atoms with Gasteiger partial charge >= 0.3 is 0 Å². The molecule has 2 aromatic rings. The minimum absolute atomic E-state index is 0.542. The number of carbonyl (C=O) groups excluding carboxylic acids is 1. The smallest absolute Gasteiger partial charge is 0.218 e.